The van der Waals surface area contributed by atoms with Gasteiger partial charge in [-0.15, -0.1) is 0 Å². The first-order valence-electron chi connectivity index (χ1n) is 4.43. The normalized spacial score (nSPS) is 10.7. The van der Waals surface area contributed by atoms with Gasteiger partial charge in [-0.2, -0.15) is 0 Å². The number of halogens is 2. The fourth-order valence-corrected chi connectivity index (χ4v) is 1.46. The van der Waals surface area contributed by atoms with E-state index < -0.39 is 10.9 Å². The predicted molar refractivity (Wildman–Crippen MR) is 64.4 cm³/mol. The smallest absolute Gasteiger partial charge is 0.307 e. The molecule has 1 aromatic carbocycles. The molecule has 0 amide bonds. The number of carboxylic acid groups (broad SMARTS) is 1. The quantitative estimate of drug-likeness (QED) is 0.675. The largest absolute Gasteiger partial charge is 0.481 e. The minimum absolute atomic E-state index is 0.0775. The zero-order chi connectivity index (χ0) is 13.0. The number of hydrogen-bond acceptors (Lipinski definition) is 3. The van der Waals surface area contributed by atoms with E-state index >= 15 is 0 Å². The van der Waals surface area contributed by atoms with Crippen molar-refractivity contribution in [3.8, 4) is 0 Å². The molecule has 90 valence electrons. The van der Waals surface area contributed by atoms with E-state index in [9.17, 15) is 14.9 Å². The molecular weight excluding hydrogens is 269 g/mol. The SMILES string of the molecule is O=C(O)CC=Cc1cc(Cl)c(Cl)cc1[N+](=O)[O-]. The molecule has 5 nitrogen and oxygen atoms in total. The summed E-state index contributed by atoms with van der Waals surface area (Å²) in [7, 11) is 0. The van der Waals surface area contributed by atoms with Crippen molar-refractivity contribution < 1.29 is 14.8 Å². The Balaban J connectivity index is 3.13. The lowest BCUT2D eigenvalue weighted by Gasteiger charge is -2.00. The van der Waals surface area contributed by atoms with Crippen LogP contribution in [0.25, 0.3) is 6.08 Å². The van der Waals surface area contributed by atoms with Crippen LogP contribution in [-0.4, -0.2) is 16.0 Å². The lowest BCUT2D eigenvalue weighted by molar-refractivity contribution is -0.385. The van der Waals surface area contributed by atoms with Crippen molar-refractivity contribution in [3.63, 3.8) is 0 Å². The van der Waals surface area contributed by atoms with E-state index in [1.54, 1.807) is 0 Å². The molecule has 0 spiro atoms. The predicted octanol–water partition coefficient (Wildman–Crippen LogP) is 3.39. The van der Waals surface area contributed by atoms with Crippen LogP contribution < -0.4 is 0 Å². The molecular formula is C10H7Cl2NO4. The average Bonchev–Trinajstić information content (AvgIpc) is 2.22. The van der Waals surface area contributed by atoms with Crippen molar-refractivity contribution >= 4 is 40.9 Å². The fourth-order valence-electron chi connectivity index (χ4n) is 1.13. The van der Waals surface area contributed by atoms with Gasteiger partial charge < -0.3 is 5.11 Å². The van der Waals surface area contributed by atoms with Gasteiger partial charge in [-0.05, 0) is 6.07 Å². The van der Waals surface area contributed by atoms with Gasteiger partial charge in [0.25, 0.3) is 5.69 Å². The molecule has 0 atom stereocenters. The molecule has 0 unspecified atom stereocenters. The topological polar surface area (TPSA) is 80.4 Å². The van der Waals surface area contributed by atoms with Gasteiger partial charge in [0.2, 0.25) is 0 Å². The second-order valence-electron chi connectivity index (χ2n) is 3.08. The van der Waals surface area contributed by atoms with Crippen LogP contribution in [-0.2, 0) is 4.79 Å². The molecule has 7 heteroatoms. The third-order valence-electron chi connectivity index (χ3n) is 1.86. The van der Waals surface area contributed by atoms with E-state index in [0.717, 1.165) is 6.07 Å². The van der Waals surface area contributed by atoms with E-state index in [2.05, 4.69) is 0 Å². The number of benzene rings is 1. The van der Waals surface area contributed by atoms with E-state index in [1.807, 2.05) is 0 Å². The van der Waals surface area contributed by atoms with Crippen molar-refractivity contribution in [2.45, 2.75) is 6.42 Å². The number of nitrogens with zero attached hydrogens (tertiary/aromatic N) is 1. The first kappa shape index (κ1) is 13.5. The molecule has 0 aliphatic carbocycles. The van der Waals surface area contributed by atoms with Crippen LogP contribution in [0.2, 0.25) is 10.0 Å². The van der Waals surface area contributed by atoms with Crippen molar-refractivity contribution in [2.24, 2.45) is 0 Å². The maximum absolute atomic E-state index is 10.7. The van der Waals surface area contributed by atoms with Crippen molar-refractivity contribution in [3.05, 3.63) is 43.9 Å². The Morgan fingerprint density at radius 1 is 1.41 bits per heavy atom. The van der Waals surface area contributed by atoms with E-state index in [4.69, 9.17) is 28.3 Å². The van der Waals surface area contributed by atoms with Gasteiger partial charge in [0, 0.05) is 6.07 Å². The summed E-state index contributed by atoms with van der Waals surface area (Å²) >= 11 is 11.4. The van der Waals surface area contributed by atoms with E-state index in [0.29, 0.717) is 0 Å². The molecule has 0 fully saturated rings. The molecule has 1 N–H and O–H groups in total. The highest BCUT2D eigenvalue weighted by molar-refractivity contribution is 6.42. The Bertz CT molecular complexity index is 499. The summed E-state index contributed by atoms with van der Waals surface area (Å²) in [5.74, 6) is -1.02. The van der Waals surface area contributed by atoms with Gasteiger partial charge in [-0.3, -0.25) is 14.9 Å². The van der Waals surface area contributed by atoms with Crippen LogP contribution in [0.4, 0.5) is 5.69 Å². The van der Waals surface area contributed by atoms with Gasteiger partial charge >= 0.3 is 5.97 Å². The highest BCUT2D eigenvalue weighted by Gasteiger charge is 2.14. The van der Waals surface area contributed by atoms with E-state index in [-0.39, 0.29) is 27.7 Å². The summed E-state index contributed by atoms with van der Waals surface area (Å²) in [6, 6.07) is 2.45. The molecule has 0 heterocycles. The summed E-state index contributed by atoms with van der Waals surface area (Å²) in [6.45, 7) is 0. The van der Waals surface area contributed by atoms with Crippen LogP contribution in [0.15, 0.2) is 18.2 Å². The lowest BCUT2D eigenvalue weighted by atomic mass is 10.1. The van der Waals surface area contributed by atoms with Gasteiger partial charge in [0.1, 0.15) is 0 Å². The molecule has 17 heavy (non-hydrogen) atoms. The van der Waals surface area contributed by atoms with Crippen molar-refractivity contribution in [2.75, 3.05) is 0 Å². The number of aliphatic carboxylic acids is 1. The first-order valence-corrected chi connectivity index (χ1v) is 5.19. The number of rotatable bonds is 4. The summed E-state index contributed by atoms with van der Waals surface area (Å²) in [5, 5.41) is 19.4. The van der Waals surface area contributed by atoms with Crippen LogP contribution in [0, 0.1) is 10.1 Å². The Kier molecular flexibility index (Phi) is 4.48. The zero-order valence-corrected chi connectivity index (χ0v) is 9.90. The number of nitro benzene ring substituents is 1. The Morgan fingerprint density at radius 2 is 2.00 bits per heavy atom. The number of hydrogen-bond donors (Lipinski definition) is 1. The number of carboxylic acids is 1. The Labute approximate surface area is 106 Å². The number of carbonyl (C=O) groups is 1. The molecule has 0 saturated carbocycles. The van der Waals surface area contributed by atoms with Crippen molar-refractivity contribution in [1.29, 1.82) is 0 Å². The molecule has 0 bridgehead atoms. The van der Waals surface area contributed by atoms with Crippen LogP contribution in [0.5, 0.6) is 0 Å². The minimum atomic E-state index is -1.02. The monoisotopic (exact) mass is 275 g/mol. The number of nitro groups is 1. The van der Waals surface area contributed by atoms with Crippen LogP contribution in [0.1, 0.15) is 12.0 Å². The third-order valence-corrected chi connectivity index (χ3v) is 2.58. The fraction of sp³-hybridized carbons (Fsp3) is 0.100. The molecule has 0 saturated heterocycles. The molecule has 0 aromatic heterocycles. The highest BCUT2D eigenvalue weighted by atomic mass is 35.5. The van der Waals surface area contributed by atoms with Gasteiger partial charge in [0.05, 0.1) is 27.0 Å². The maximum atomic E-state index is 10.7. The molecule has 0 radical (unpaired) electrons. The van der Waals surface area contributed by atoms with Crippen LogP contribution >= 0.6 is 23.2 Å². The second kappa shape index (κ2) is 5.65. The maximum Gasteiger partial charge on any atom is 0.307 e. The highest BCUT2D eigenvalue weighted by Crippen LogP contribution is 2.31. The molecule has 0 aliphatic heterocycles. The van der Waals surface area contributed by atoms with E-state index in [1.165, 1.54) is 18.2 Å². The summed E-state index contributed by atoms with van der Waals surface area (Å²) < 4.78 is 0. The molecule has 0 aliphatic rings. The van der Waals surface area contributed by atoms with Gasteiger partial charge in [-0.25, -0.2) is 0 Å². The molecule has 1 aromatic rings. The van der Waals surface area contributed by atoms with Gasteiger partial charge in [-0.1, -0.05) is 35.4 Å². The standard InChI is InChI=1S/C10H7Cl2NO4/c11-7-4-6(2-1-3-10(14)15)9(13(16)17)5-8(7)12/h1-2,4-5H,3H2,(H,14,15). The van der Waals surface area contributed by atoms with Crippen molar-refractivity contribution in [1.82, 2.24) is 0 Å². The average molecular weight is 276 g/mol. The molecule has 1 rings (SSSR count). The lowest BCUT2D eigenvalue weighted by Crippen LogP contribution is -1.93. The third kappa shape index (κ3) is 3.72. The Morgan fingerprint density at radius 3 is 2.53 bits per heavy atom. The summed E-state index contributed by atoms with van der Waals surface area (Å²) in [6.07, 6.45) is 2.40. The Hall–Kier alpha value is -1.59. The first-order chi connectivity index (χ1) is 7.91. The van der Waals surface area contributed by atoms with Crippen LogP contribution in [0.3, 0.4) is 0 Å². The summed E-state index contributed by atoms with van der Waals surface area (Å²) in [4.78, 5) is 20.4. The zero-order valence-electron chi connectivity index (χ0n) is 8.39. The van der Waals surface area contributed by atoms with Gasteiger partial charge in [0.15, 0.2) is 0 Å². The summed E-state index contributed by atoms with van der Waals surface area (Å²) in [5.41, 5.74) is -0.00770. The second-order valence-corrected chi connectivity index (χ2v) is 3.90. The minimum Gasteiger partial charge on any atom is -0.481 e.